The van der Waals surface area contributed by atoms with Gasteiger partial charge in [0.25, 0.3) is 0 Å². The minimum Gasteiger partial charge on any atom is -0.478 e. The Hall–Kier alpha value is 0.0300. The summed E-state index contributed by atoms with van der Waals surface area (Å²) in [5.74, 6) is 0. The highest BCUT2D eigenvalue weighted by Gasteiger charge is 2.26. The fraction of sp³-hybridized carbons (Fsp3) is 0.750. The Kier molecular flexibility index (Phi) is 4.04. The van der Waals surface area contributed by atoms with Crippen LogP contribution in [0.3, 0.4) is 0 Å². The van der Waals surface area contributed by atoms with Gasteiger partial charge in [0.1, 0.15) is 0 Å². The van der Waals surface area contributed by atoms with E-state index in [9.17, 15) is 13.2 Å². The van der Waals surface area contributed by atoms with Gasteiger partial charge in [-0.3, -0.25) is 0 Å². The molecule has 1 nitrogen and oxygen atoms in total. The molecule has 0 aliphatic heterocycles. The van der Waals surface area contributed by atoms with E-state index in [-0.39, 0.29) is 4.38 Å². The van der Waals surface area contributed by atoms with Crippen LogP contribution in [0.25, 0.3) is 0 Å². The molecule has 0 rings (SSSR count). The molecule has 0 heterocycles. The van der Waals surface area contributed by atoms with Crippen molar-refractivity contribution in [3.8, 4) is 0 Å². The van der Waals surface area contributed by atoms with Crippen LogP contribution in [0.5, 0.6) is 0 Å². The first-order chi connectivity index (χ1) is 4.42. The maximum Gasteiger partial charge on any atom is 0.392 e. The minimum atomic E-state index is -4.18. The Morgan fingerprint density at radius 1 is 1.50 bits per heavy atom. The molecule has 6 heteroatoms. The number of thiol groups is 1. The molecule has 0 saturated carbocycles. The molecular formula is C4H5F3OS2. The van der Waals surface area contributed by atoms with E-state index in [2.05, 4.69) is 29.6 Å². The van der Waals surface area contributed by atoms with Crippen molar-refractivity contribution >= 4 is 29.2 Å². The van der Waals surface area contributed by atoms with Crippen LogP contribution in [0.1, 0.15) is 6.42 Å². The van der Waals surface area contributed by atoms with Crippen LogP contribution in [-0.2, 0) is 4.74 Å². The van der Waals surface area contributed by atoms with E-state index in [0.29, 0.717) is 0 Å². The van der Waals surface area contributed by atoms with Gasteiger partial charge in [0.2, 0.25) is 4.38 Å². The Balaban J connectivity index is 3.29. The standard InChI is InChI=1S/C4H5F3OS2/c5-4(6,7)1-2-8-3(9)10/h1-2H2,(H,9,10). The molecule has 0 aromatic heterocycles. The molecule has 0 aliphatic rings. The summed E-state index contributed by atoms with van der Waals surface area (Å²) in [6.45, 7) is -0.453. The Bertz CT molecular complexity index is 122. The van der Waals surface area contributed by atoms with Gasteiger partial charge in [-0.2, -0.15) is 13.2 Å². The first kappa shape index (κ1) is 10.0. The molecule has 60 valence electrons. The SMILES string of the molecule is FC(F)(F)CCOC(=S)S. The number of thiocarbonyl (C=S) groups is 1. The van der Waals surface area contributed by atoms with E-state index < -0.39 is 19.2 Å². The molecule has 0 saturated heterocycles. The van der Waals surface area contributed by atoms with Gasteiger partial charge < -0.3 is 4.74 Å². The third-order valence-corrected chi connectivity index (χ3v) is 0.858. The van der Waals surface area contributed by atoms with Gasteiger partial charge in [-0.25, -0.2) is 0 Å². The Morgan fingerprint density at radius 3 is 2.30 bits per heavy atom. The second kappa shape index (κ2) is 4.02. The second-order valence-corrected chi connectivity index (χ2v) is 2.56. The van der Waals surface area contributed by atoms with E-state index in [1.807, 2.05) is 0 Å². The van der Waals surface area contributed by atoms with Crippen LogP contribution in [0.4, 0.5) is 13.2 Å². The van der Waals surface area contributed by atoms with Crippen LogP contribution in [0.15, 0.2) is 0 Å². The largest absolute Gasteiger partial charge is 0.478 e. The van der Waals surface area contributed by atoms with E-state index in [4.69, 9.17) is 0 Å². The summed E-state index contributed by atoms with van der Waals surface area (Å²) < 4.78 is 38.2. The normalized spacial score (nSPS) is 11.2. The van der Waals surface area contributed by atoms with E-state index >= 15 is 0 Å². The lowest BCUT2D eigenvalue weighted by Crippen LogP contribution is -2.11. The summed E-state index contributed by atoms with van der Waals surface area (Å²) >= 11 is 7.73. The monoisotopic (exact) mass is 190 g/mol. The first-order valence-electron chi connectivity index (χ1n) is 2.34. The van der Waals surface area contributed by atoms with Gasteiger partial charge >= 0.3 is 6.18 Å². The van der Waals surface area contributed by atoms with Crippen LogP contribution < -0.4 is 0 Å². The van der Waals surface area contributed by atoms with Crippen molar-refractivity contribution in [3.05, 3.63) is 0 Å². The predicted molar refractivity (Wildman–Crippen MR) is 38.2 cm³/mol. The fourth-order valence-corrected chi connectivity index (χ4v) is 0.429. The minimum absolute atomic E-state index is 0.163. The van der Waals surface area contributed by atoms with E-state index in [1.54, 1.807) is 0 Å². The molecule has 0 aromatic rings. The maximum absolute atomic E-state index is 11.4. The number of halogens is 3. The lowest BCUT2D eigenvalue weighted by Gasteiger charge is -2.05. The van der Waals surface area contributed by atoms with Crippen LogP contribution in [0.2, 0.25) is 0 Å². The third-order valence-electron chi connectivity index (χ3n) is 0.611. The van der Waals surface area contributed by atoms with Crippen molar-refractivity contribution in [2.24, 2.45) is 0 Å². The molecule has 0 aliphatic carbocycles. The van der Waals surface area contributed by atoms with Crippen LogP contribution >= 0.6 is 24.8 Å². The number of rotatable bonds is 2. The fourth-order valence-electron chi connectivity index (χ4n) is 0.254. The summed E-state index contributed by atoms with van der Waals surface area (Å²) in [5, 5.41) is 0. The van der Waals surface area contributed by atoms with Crippen molar-refractivity contribution in [2.45, 2.75) is 12.6 Å². The summed E-state index contributed by atoms with van der Waals surface area (Å²) in [5.41, 5.74) is 0. The Labute approximate surface area is 67.0 Å². The van der Waals surface area contributed by atoms with Crippen molar-refractivity contribution in [1.82, 2.24) is 0 Å². The third kappa shape index (κ3) is 8.03. The average Bonchev–Trinajstić information content (AvgIpc) is 1.59. The first-order valence-corrected chi connectivity index (χ1v) is 3.20. The number of alkyl halides is 3. The maximum atomic E-state index is 11.4. The van der Waals surface area contributed by atoms with Gasteiger partial charge in [-0.05, 0) is 12.2 Å². The van der Waals surface area contributed by atoms with Crippen molar-refractivity contribution in [3.63, 3.8) is 0 Å². The highest BCUT2D eigenvalue weighted by molar-refractivity contribution is 8.10. The topological polar surface area (TPSA) is 9.23 Å². The van der Waals surface area contributed by atoms with Gasteiger partial charge in [0.15, 0.2) is 0 Å². The molecule has 10 heavy (non-hydrogen) atoms. The molecular weight excluding hydrogens is 185 g/mol. The quantitative estimate of drug-likeness (QED) is 0.528. The smallest absolute Gasteiger partial charge is 0.392 e. The molecule has 0 amide bonds. The lowest BCUT2D eigenvalue weighted by atomic mass is 10.4. The zero-order valence-corrected chi connectivity index (χ0v) is 6.52. The molecule has 0 aromatic carbocycles. The highest BCUT2D eigenvalue weighted by Crippen LogP contribution is 2.19. The summed E-state index contributed by atoms with van der Waals surface area (Å²) in [7, 11) is 0. The van der Waals surface area contributed by atoms with Crippen molar-refractivity contribution in [1.29, 1.82) is 0 Å². The summed E-state index contributed by atoms with van der Waals surface area (Å²) in [6.07, 6.45) is -5.17. The molecule has 0 fully saturated rings. The van der Waals surface area contributed by atoms with Crippen molar-refractivity contribution < 1.29 is 17.9 Å². The van der Waals surface area contributed by atoms with E-state index in [1.165, 1.54) is 0 Å². The van der Waals surface area contributed by atoms with Gasteiger partial charge in [-0.1, -0.05) is 12.6 Å². The molecule has 0 radical (unpaired) electrons. The summed E-state index contributed by atoms with van der Waals surface area (Å²) in [6, 6.07) is 0. The Morgan fingerprint density at radius 2 is 2.00 bits per heavy atom. The average molecular weight is 190 g/mol. The molecule has 0 atom stereocenters. The van der Waals surface area contributed by atoms with Crippen LogP contribution in [-0.4, -0.2) is 17.2 Å². The van der Waals surface area contributed by atoms with Crippen LogP contribution in [0, 0.1) is 0 Å². The van der Waals surface area contributed by atoms with Crippen molar-refractivity contribution in [2.75, 3.05) is 6.61 Å². The van der Waals surface area contributed by atoms with Gasteiger partial charge in [-0.15, -0.1) is 0 Å². The molecule has 0 unspecified atom stereocenters. The zero-order valence-electron chi connectivity index (χ0n) is 4.81. The second-order valence-electron chi connectivity index (χ2n) is 1.48. The zero-order chi connectivity index (χ0) is 8.20. The number of hydrogen-bond acceptors (Lipinski definition) is 2. The predicted octanol–water partition coefficient (Wildman–Crippen LogP) is 2.17. The molecule has 0 N–H and O–H groups in total. The van der Waals surface area contributed by atoms with Gasteiger partial charge in [0.05, 0.1) is 13.0 Å². The number of ether oxygens (including phenoxy) is 1. The molecule has 0 bridgehead atoms. The summed E-state index contributed by atoms with van der Waals surface area (Å²) in [4.78, 5) is 0. The lowest BCUT2D eigenvalue weighted by molar-refractivity contribution is -0.139. The van der Waals surface area contributed by atoms with E-state index in [0.717, 1.165) is 0 Å². The van der Waals surface area contributed by atoms with Gasteiger partial charge in [0, 0.05) is 0 Å². The highest BCUT2D eigenvalue weighted by atomic mass is 32.1. The molecule has 0 spiro atoms. The number of hydrogen-bond donors (Lipinski definition) is 1.